The van der Waals surface area contributed by atoms with Crippen LogP contribution in [0.2, 0.25) is 5.02 Å². The fourth-order valence-electron chi connectivity index (χ4n) is 2.42. The lowest BCUT2D eigenvalue weighted by molar-refractivity contribution is 0.195. The van der Waals surface area contributed by atoms with Crippen molar-refractivity contribution in [2.75, 3.05) is 26.7 Å². The Hall–Kier alpha value is -2.21. The van der Waals surface area contributed by atoms with Gasteiger partial charge in [0.1, 0.15) is 12.4 Å². The fourth-order valence-corrected chi connectivity index (χ4v) is 2.60. The fraction of sp³-hybridized carbons (Fsp3) is 0.444. The van der Waals surface area contributed by atoms with E-state index in [-0.39, 0.29) is 6.03 Å². The number of likely N-dealkylation sites (N-methyl/N-ethyl adjacent to an activating group) is 1. The number of hydrogen-bond donors (Lipinski definition) is 1. The van der Waals surface area contributed by atoms with Crippen LogP contribution >= 0.6 is 11.6 Å². The first-order valence-electron chi connectivity index (χ1n) is 8.34. The molecule has 1 heterocycles. The maximum Gasteiger partial charge on any atom is 0.317 e. The van der Waals surface area contributed by atoms with Crippen LogP contribution in [0.4, 0.5) is 4.79 Å². The van der Waals surface area contributed by atoms with Crippen molar-refractivity contribution < 1.29 is 9.53 Å². The van der Waals surface area contributed by atoms with Gasteiger partial charge in [0, 0.05) is 30.9 Å². The van der Waals surface area contributed by atoms with Gasteiger partial charge in [-0.2, -0.15) is 5.10 Å². The highest BCUT2D eigenvalue weighted by molar-refractivity contribution is 6.30. The zero-order valence-electron chi connectivity index (χ0n) is 15.0. The molecule has 0 saturated carbocycles. The zero-order valence-corrected chi connectivity index (χ0v) is 15.7. The van der Waals surface area contributed by atoms with E-state index in [0.717, 1.165) is 24.4 Å². The molecule has 136 valence electrons. The zero-order chi connectivity index (χ0) is 18.2. The van der Waals surface area contributed by atoms with Gasteiger partial charge in [0.2, 0.25) is 0 Å². The number of halogens is 1. The van der Waals surface area contributed by atoms with E-state index in [1.54, 1.807) is 24.1 Å². The molecule has 2 aromatic rings. The van der Waals surface area contributed by atoms with Crippen LogP contribution in [0.5, 0.6) is 5.75 Å². The summed E-state index contributed by atoms with van der Waals surface area (Å²) >= 11 is 5.90. The number of carbonyl (C=O) groups excluding carboxylic acids is 1. The largest absolute Gasteiger partial charge is 0.492 e. The van der Waals surface area contributed by atoms with Gasteiger partial charge in [-0.25, -0.2) is 4.79 Å². The molecule has 2 amide bonds. The van der Waals surface area contributed by atoms with Crippen LogP contribution in [0.3, 0.4) is 0 Å². The van der Waals surface area contributed by atoms with Crippen molar-refractivity contribution in [3.05, 3.63) is 46.7 Å². The number of rotatable bonds is 8. The molecule has 0 atom stereocenters. The van der Waals surface area contributed by atoms with Crippen LogP contribution in [0.25, 0.3) is 0 Å². The molecule has 0 bridgehead atoms. The van der Waals surface area contributed by atoms with Crippen molar-refractivity contribution >= 4 is 17.6 Å². The number of nitrogens with zero attached hydrogens (tertiary/aromatic N) is 3. The number of hydrogen-bond acceptors (Lipinski definition) is 3. The van der Waals surface area contributed by atoms with Crippen LogP contribution in [0, 0.1) is 13.8 Å². The Bertz CT molecular complexity index is 702. The second kappa shape index (κ2) is 9.32. The molecule has 2 rings (SSSR count). The van der Waals surface area contributed by atoms with Crippen molar-refractivity contribution in [2.45, 2.75) is 26.8 Å². The van der Waals surface area contributed by atoms with Crippen LogP contribution in [0.15, 0.2) is 30.3 Å². The van der Waals surface area contributed by atoms with Gasteiger partial charge in [0.15, 0.2) is 0 Å². The summed E-state index contributed by atoms with van der Waals surface area (Å²) < 4.78 is 7.55. The molecule has 25 heavy (non-hydrogen) atoms. The predicted molar refractivity (Wildman–Crippen MR) is 99.3 cm³/mol. The number of aryl methyl sites for hydroxylation is 3. The van der Waals surface area contributed by atoms with E-state index in [9.17, 15) is 4.79 Å². The first-order valence-corrected chi connectivity index (χ1v) is 8.72. The van der Waals surface area contributed by atoms with Gasteiger partial charge in [0.25, 0.3) is 0 Å². The first-order chi connectivity index (χ1) is 12.0. The van der Waals surface area contributed by atoms with E-state index in [1.165, 1.54) is 0 Å². The minimum absolute atomic E-state index is 0.108. The van der Waals surface area contributed by atoms with E-state index >= 15 is 0 Å². The lowest BCUT2D eigenvalue weighted by Gasteiger charge is -2.18. The predicted octanol–water partition coefficient (Wildman–Crippen LogP) is 3.26. The number of nitrogens with one attached hydrogen (secondary N) is 1. The smallest absolute Gasteiger partial charge is 0.317 e. The number of carbonyl (C=O) groups is 1. The summed E-state index contributed by atoms with van der Waals surface area (Å²) in [6, 6.07) is 9.15. The van der Waals surface area contributed by atoms with Crippen LogP contribution < -0.4 is 10.1 Å². The summed E-state index contributed by atoms with van der Waals surface area (Å²) in [6.45, 7) is 6.32. The van der Waals surface area contributed by atoms with Crippen LogP contribution in [-0.4, -0.2) is 47.5 Å². The standard InChI is InChI=1S/C18H25ClN4O2/c1-14-12-15(2)23(21-14)9-5-8-20-18(24)22(3)10-11-25-17-7-4-6-16(19)13-17/h4,6-7,12-13H,5,8-11H2,1-3H3,(H,20,24). The third-order valence-electron chi connectivity index (χ3n) is 3.76. The average Bonchev–Trinajstić information content (AvgIpc) is 2.89. The molecule has 0 aliphatic heterocycles. The number of benzene rings is 1. The molecule has 6 nitrogen and oxygen atoms in total. The van der Waals surface area contributed by atoms with Crippen LogP contribution in [0.1, 0.15) is 17.8 Å². The maximum absolute atomic E-state index is 12.0. The van der Waals surface area contributed by atoms with E-state index in [1.807, 2.05) is 36.7 Å². The Morgan fingerprint density at radius 2 is 2.16 bits per heavy atom. The highest BCUT2D eigenvalue weighted by atomic mass is 35.5. The minimum Gasteiger partial charge on any atom is -0.492 e. The first kappa shape index (κ1) is 19.1. The summed E-state index contributed by atoms with van der Waals surface area (Å²) in [5.74, 6) is 0.700. The quantitative estimate of drug-likeness (QED) is 0.731. The second-order valence-electron chi connectivity index (χ2n) is 5.96. The van der Waals surface area contributed by atoms with Crippen LogP contribution in [-0.2, 0) is 6.54 Å². The SMILES string of the molecule is Cc1cc(C)n(CCCNC(=O)N(C)CCOc2cccc(Cl)c2)n1. The molecule has 0 fully saturated rings. The molecular weight excluding hydrogens is 340 g/mol. The topological polar surface area (TPSA) is 59.4 Å². The Labute approximate surface area is 153 Å². The summed E-state index contributed by atoms with van der Waals surface area (Å²) in [6.07, 6.45) is 0.834. The molecule has 0 spiro atoms. The molecule has 1 N–H and O–H groups in total. The Morgan fingerprint density at radius 3 is 2.84 bits per heavy atom. The molecule has 1 aromatic heterocycles. The lowest BCUT2D eigenvalue weighted by atomic mass is 10.3. The van der Waals surface area contributed by atoms with E-state index in [2.05, 4.69) is 10.4 Å². The van der Waals surface area contributed by atoms with Gasteiger partial charge in [-0.05, 0) is 44.5 Å². The summed E-state index contributed by atoms with van der Waals surface area (Å²) in [7, 11) is 1.75. The monoisotopic (exact) mass is 364 g/mol. The van der Waals surface area contributed by atoms with Gasteiger partial charge in [0.05, 0.1) is 12.2 Å². The highest BCUT2D eigenvalue weighted by Gasteiger charge is 2.08. The van der Waals surface area contributed by atoms with E-state index < -0.39 is 0 Å². The number of aromatic nitrogens is 2. The Balaban J connectivity index is 1.62. The Kier molecular flexibility index (Phi) is 7.13. The lowest BCUT2D eigenvalue weighted by Crippen LogP contribution is -2.40. The van der Waals surface area contributed by atoms with Crippen molar-refractivity contribution in [3.63, 3.8) is 0 Å². The molecule has 7 heteroatoms. The minimum atomic E-state index is -0.108. The maximum atomic E-state index is 12.0. The van der Waals surface area contributed by atoms with Gasteiger partial charge in [-0.1, -0.05) is 17.7 Å². The molecule has 0 saturated heterocycles. The summed E-state index contributed by atoms with van der Waals surface area (Å²) in [5.41, 5.74) is 2.15. The van der Waals surface area contributed by atoms with E-state index in [0.29, 0.717) is 30.5 Å². The average molecular weight is 365 g/mol. The molecule has 0 radical (unpaired) electrons. The second-order valence-corrected chi connectivity index (χ2v) is 6.40. The highest BCUT2D eigenvalue weighted by Crippen LogP contribution is 2.16. The summed E-state index contributed by atoms with van der Waals surface area (Å²) in [4.78, 5) is 13.6. The number of ether oxygens (including phenoxy) is 1. The normalized spacial score (nSPS) is 10.6. The van der Waals surface area contributed by atoms with Crippen molar-refractivity contribution in [2.24, 2.45) is 0 Å². The van der Waals surface area contributed by atoms with Gasteiger partial charge in [-0.15, -0.1) is 0 Å². The molecule has 0 unspecified atom stereocenters. The van der Waals surface area contributed by atoms with Gasteiger partial charge < -0.3 is 15.0 Å². The summed E-state index contributed by atoms with van der Waals surface area (Å²) in [5, 5.41) is 7.94. The Morgan fingerprint density at radius 1 is 1.36 bits per heavy atom. The van der Waals surface area contributed by atoms with E-state index in [4.69, 9.17) is 16.3 Å². The van der Waals surface area contributed by atoms with Gasteiger partial charge in [-0.3, -0.25) is 4.68 Å². The third-order valence-corrected chi connectivity index (χ3v) is 4.00. The molecular formula is C18H25ClN4O2. The van der Waals surface area contributed by atoms with Crippen molar-refractivity contribution in [3.8, 4) is 5.75 Å². The molecule has 0 aliphatic carbocycles. The van der Waals surface area contributed by atoms with Crippen molar-refractivity contribution in [1.82, 2.24) is 20.0 Å². The van der Waals surface area contributed by atoms with Crippen molar-refractivity contribution in [1.29, 1.82) is 0 Å². The molecule has 1 aromatic carbocycles. The third kappa shape index (κ3) is 6.31. The number of amides is 2. The molecule has 0 aliphatic rings. The number of urea groups is 1. The van der Waals surface area contributed by atoms with Gasteiger partial charge >= 0.3 is 6.03 Å².